The van der Waals surface area contributed by atoms with E-state index in [4.69, 9.17) is 0 Å². The highest BCUT2D eigenvalue weighted by Gasteiger charge is 2.06. The topological polar surface area (TPSA) is 22.0 Å². The van der Waals surface area contributed by atoms with E-state index in [1.165, 1.54) is 11.1 Å². The van der Waals surface area contributed by atoms with Crippen LogP contribution in [0.2, 0.25) is 0 Å². The molecule has 0 N–H and O–H groups in total. The highest BCUT2D eigenvalue weighted by atomic mass is 16.1. The minimum atomic E-state index is 0.0821. The number of hydrogen-bond acceptors (Lipinski definition) is 1. The van der Waals surface area contributed by atoms with Crippen LogP contribution in [0.1, 0.15) is 42.4 Å². The van der Waals surface area contributed by atoms with E-state index in [2.05, 4.69) is 0 Å². The fourth-order valence-electron chi connectivity index (χ4n) is 1.18. The van der Waals surface area contributed by atoms with Gasteiger partial charge in [-0.2, -0.15) is 0 Å². The van der Waals surface area contributed by atoms with E-state index >= 15 is 0 Å². The third-order valence-corrected chi connectivity index (χ3v) is 2.16. The molecule has 1 aromatic heterocycles. The molecule has 0 aliphatic carbocycles. The lowest BCUT2D eigenvalue weighted by Gasteiger charge is -1.98. The zero-order valence-corrected chi connectivity index (χ0v) is 9.43. The van der Waals surface area contributed by atoms with E-state index in [1.807, 2.05) is 40.8 Å². The van der Waals surface area contributed by atoms with Crippen molar-refractivity contribution < 1.29 is 4.79 Å². The Hall–Kier alpha value is -1.05. The monoisotopic (exact) mass is 181 g/mol. The third-order valence-electron chi connectivity index (χ3n) is 2.16. The van der Waals surface area contributed by atoms with Crippen molar-refractivity contribution in [1.82, 2.24) is 4.57 Å². The summed E-state index contributed by atoms with van der Waals surface area (Å²) >= 11 is 0. The molecular weight excluding hydrogens is 162 g/mol. The van der Waals surface area contributed by atoms with Crippen LogP contribution < -0.4 is 0 Å². The number of rotatable bonds is 0. The van der Waals surface area contributed by atoms with Crippen molar-refractivity contribution in [3.63, 3.8) is 0 Å². The van der Waals surface area contributed by atoms with Gasteiger partial charge in [0.25, 0.3) is 0 Å². The van der Waals surface area contributed by atoms with E-state index in [9.17, 15) is 4.79 Å². The molecule has 0 radical (unpaired) electrons. The molecule has 0 bridgehead atoms. The molecule has 0 fully saturated rings. The average molecular weight is 181 g/mol. The minimum absolute atomic E-state index is 0.0821. The molecule has 0 saturated carbocycles. The highest BCUT2D eigenvalue weighted by molar-refractivity contribution is 5.77. The number of aryl methyl sites for hydroxylation is 1. The summed E-state index contributed by atoms with van der Waals surface area (Å²) in [4.78, 5) is 11.0. The maximum atomic E-state index is 11.0. The van der Waals surface area contributed by atoms with Crippen LogP contribution in [0.4, 0.5) is 0 Å². The molecule has 0 aliphatic rings. The van der Waals surface area contributed by atoms with Gasteiger partial charge in [0.2, 0.25) is 5.91 Å². The fourth-order valence-corrected chi connectivity index (χ4v) is 1.18. The molecule has 1 rings (SSSR count). The lowest BCUT2D eigenvalue weighted by Crippen LogP contribution is -2.05. The molecule has 0 aliphatic heterocycles. The molecule has 1 aromatic rings. The largest absolute Gasteiger partial charge is 0.292 e. The predicted molar refractivity (Wildman–Crippen MR) is 56.3 cm³/mol. The van der Waals surface area contributed by atoms with Crippen LogP contribution in [0, 0.1) is 20.8 Å². The Morgan fingerprint density at radius 2 is 1.69 bits per heavy atom. The number of carbonyl (C=O) groups is 1. The number of nitrogens with zero attached hydrogens (tertiary/aromatic N) is 1. The van der Waals surface area contributed by atoms with Gasteiger partial charge in [0, 0.05) is 18.8 Å². The molecule has 1 heterocycles. The van der Waals surface area contributed by atoms with Gasteiger partial charge in [-0.15, -0.1) is 0 Å². The summed E-state index contributed by atoms with van der Waals surface area (Å²) in [6, 6.07) is 0. The Kier molecular flexibility index (Phi) is 4.46. The van der Waals surface area contributed by atoms with Crippen molar-refractivity contribution in [2.45, 2.75) is 41.5 Å². The maximum absolute atomic E-state index is 11.0. The summed E-state index contributed by atoms with van der Waals surface area (Å²) < 4.78 is 1.69. The van der Waals surface area contributed by atoms with Gasteiger partial charge >= 0.3 is 0 Å². The van der Waals surface area contributed by atoms with Crippen molar-refractivity contribution >= 4 is 5.91 Å². The summed E-state index contributed by atoms with van der Waals surface area (Å²) in [5.41, 5.74) is 3.44. The van der Waals surface area contributed by atoms with Gasteiger partial charge in [0.05, 0.1) is 0 Å². The molecule has 0 amide bonds. The van der Waals surface area contributed by atoms with E-state index in [0.29, 0.717) is 0 Å². The molecule has 0 aromatic carbocycles. The van der Waals surface area contributed by atoms with E-state index in [-0.39, 0.29) is 5.91 Å². The summed E-state index contributed by atoms with van der Waals surface area (Å²) in [6.07, 6.45) is 1.88. The van der Waals surface area contributed by atoms with Gasteiger partial charge in [-0.25, -0.2) is 0 Å². The molecule has 13 heavy (non-hydrogen) atoms. The van der Waals surface area contributed by atoms with E-state index in [1.54, 1.807) is 11.5 Å². The van der Waals surface area contributed by atoms with Gasteiger partial charge < -0.3 is 0 Å². The first-order valence-corrected chi connectivity index (χ1v) is 4.70. The Morgan fingerprint density at radius 1 is 1.23 bits per heavy atom. The molecule has 2 nitrogen and oxygen atoms in total. The predicted octanol–water partition coefficient (Wildman–Crippen LogP) is 3.10. The van der Waals surface area contributed by atoms with Gasteiger partial charge in [0.15, 0.2) is 0 Å². The number of hydrogen-bond donors (Lipinski definition) is 0. The van der Waals surface area contributed by atoms with E-state index in [0.717, 1.165) is 5.69 Å². The second-order valence-electron chi connectivity index (χ2n) is 2.91. The second kappa shape index (κ2) is 4.85. The Bertz CT molecular complexity index is 297. The lowest BCUT2D eigenvalue weighted by molar-refractivity contribution is 0.0934. The van der Waals surface area contributed by atoms with Gasteiger partial charge in [-0.05, 0) is 31.9 Å². The standard InChI is InChI=1S/C9H13NO.C2H6/c1-6-5-10(9(4)11)8(3)7(6)2;1-2/h5H,1-4H3;1-2H3. The van der Waals surface area contributed by atoms with Crippen LogP contribution >= 0.6 is 0 Å². The lowest BCUT2D eigenvalue weighted by atomic mass is 10.2. The Labute approximate surface area is 80.6 Å². The average Bonchev–Trinajstić information content (AvgIpc) is 2.36. The summed E-state index contributed by atoms with van der Waals surface area (Å²) in [5.74, 6) is 0.0821. The molecular formula is C11H19NO. The van der Waals surface area contributed by atoms with Crippen LogP contribution in [-0.2, 0) is 0 Å². The summed E-state index contributed by atoms with van der Waals surface area (Å²) in [5, 5.41) is 0. The van der Waals surface area contributed by atoms with Gasteiger partial charge in [-0.1, -0.05) is 13.8 Å². The zero-order chi connectivity index (χ0) is 10.6. The first-order valence-electron chi connectivity index (χ1n) is 4.70. The fraction of sp³-hybridized carbons (Fsp3) is 0.545. The van der Waals surface area contributed by atoms with Crippen LogP contribution in [-0.4, -0.2) is 10.5 Å². The quantitative estimate of drug-likeness (QED) is 0.602. The summed E-state index contributed by atoms with van der Waals surface area (Å²) in [7, 11) is 0. The third kappa shape index (κ3) is 2.44. The van der Waals surface area contributed by atoms with Crippen LogP contribution in [0.25, 0.3) is 0 Å². The van der Waals surface area contributed by atoms with Crippen molar-refractivity contribution in [2.75, 3.05) is 0 Å². The molecule has 74 valence electrons. The Balaban J connectivity index is 0.000000671. The van der Waals surface area contributed by atoms with Crippen LogP contribution in [0.3, 0.4) is 0 Å². The number of aromatic nitrogens is 1. The van der Waals surface area contributed by atoms with Crippen molar-refractivity contribution in [3.8, 4) is 0 Å². The molecule has 2 heteroatoms. The maximum Gasteiger partial charge on any atom is 0.227 e. The smallest absolute Gasteiger partial charge is 0.227 e. The van der Waals surface area contributed by atoms with Crippen molar-refractivity contribution in [1.29, 1.82) is 0 Å². The highest BCUT2D eigenvalue weighted by Crippen LogP contribution is 2.13. The minimum Gasteiger partial charge on any atom is -0.292 e. The van der Waals surface area contributed by atoms with Gasteiger partial charge in [-0.3, -0.25) is 9.36 Å². The van der Waals surface area contributed by atoms with Gasteiger partial charge in [0.1, 0.15) is 0 Å². The second-order valence-corrected chi connectivity index (χ2v) is 2.91. The summed E-state index contributed by atoms with van der Waals surface area (Å²) in [6.45, 7) is 11.6. The Morgan fingerprint density at radius 3 is 1.85 bits per heavy atom. The number of carbonyl (C=O) groups excluding carboxylic acids is 1. The SMILES string of the molecule is CC.CC(=O)n1cc(C)c(C)c1C. The molecule has 0 saturated heterocycles. The molecule has 0 unspecified atom stereocenters. The van der Waals surface area contributed by atoms with Crippen LogP contribution in [0.15, 0.2) is 6.20 Å². The normalized spacial score (nSPS) is 9.08. The molecule has 0 spiro atoms. The molecule has 0 atom stereocenters. The zero-order valence-electron chi connectivity index (χ0n) is 9.43. The van der Waals surface area contributed by atoms with Crippen LogP contribution in [0.5, 0.6) is 0 Å². The van der Waals surface area contributed by atoms with Crippen molar-refractivity contribution in [3.05, 3.63) is 23.0 Å². The van der Waals surface area contributed by atoms with E-state index < -0.39 is 0 Å². The van der Waals surface area contributed by atoms with Crippen molar-refractivity contribution in [2.24, 2.45) is 0 Å². The first-order chi connectivity index (χ1) is 6.04. The first kappa shape index (κ1) is 11.9.